The highest BCUT2D eigenvalue weighted by Crippen LogP contribution is 2.39. The summed E-state index contributed by atoms with van der Waals surface area (Å²) < 4.78 is 10.2. The van der Waals surface area contributed by atoms with Crippen LogP contribution < -0.4 is 11.1 Å². The molecule has 0 aromatic carbocycles. The van der Waals surface area contributed by atoms with Crippen LogP contribution >= 0.6 is 11.3 Å². The molecule has 0 saturated heterocycles. The Hall–Kier alpha value is -2.61. The predicted octanol–water partition coefficient (Wildman–Crippen LogP) is 2.11. The average molecular weight is 348 g/mol. The standard InChI is InChI=1S/C16H16N2O5S/c1-8(13(17)19)23-16(21)12-9-4-2-6-11(9)24-15(12)18-14(20)10-5-3-7-22-10/h3,5,7-8H,2,4,6H2,1H3,(H2,17,19)(H,18,20)/t8-/m0/s1. The van der Waals surface area contributed by atoms with E-state index in [4.69, 9.17) is 14.9 Å². The fourth-order valence-corrected chi connectivity index (χ4v) is 3.83. The molecule has 1 aliphatic carbocycles. The molecule has 2 heterocycles. The van der Waals surface area contributed by atoms with Crippen LogP contribution in [-0.4, -0.2) is 23.9 Å². The quantitative estimate of drug-likeness (QED) is 0.804. The molecule has 2 aromatic heterocycles. The van der Waals surface area contributed by atoms with Gasteiger partial charge in [-0.1, -0.05) is 0 Å². The van der Waals surface area contributed by atoms with Crippen molar-refractivity contribution in [1.29, 1.82) is 0 Å². The lowest BCUT2D eigenvalue weighted by Crippen LogP contribution is -2.30. The number of furan rings is 1. The maximum absolute atomic E-state index is 12.5. The van der Waals surface area contributed by atoms with Gasteiger partial charge in [0.15, 0.2) is 11.9 Å². The van der Waals surface area contributed by atoms with E-state index in [2.05, 4.69) is 5.32 Å². The van der Waals surface area contributed by atoms with Gasteiger partial charge < -0.3 is 20.2 Å². The zero-order chi connectivity index (χ0) is 17.3. The molecule has 0 radical (unpaired) electrons. The molecule has 3 N–H and O–H groups in total. The van der Waals surface area contributed by atoms with E-state index in [0.29, 0.717) is 10.6 Å². The van der Waals surface area contributed by atoms with E-state index >= 15 is 0 Å². The molecular formula is C16H16N2O5S. The number of primary amides is 1. The van der Waals surface area contributed by atoms with Crippen LogP contribution in [-0.2, 0) is 22.4 Å². The van der Waals surface area contributed by atoms with Gasteiger partial charge in [-0.15, -0.1) is 11.3 Å². The first-order valence-electron chi connectivity index (χ1n) is 7.47. The maximum atomic E-state index is 12.5. The van der Waals surface area contributed by atoms with Gasteiger partial charge in [-0.3, -0.25) is 9.59 Å². The summed E-state index contributed by atoms with van der Waals surface area (Å²) in [6.45, 7) is 1.41. The van der Waals surface area contributed by atoms with E-state index in [-0.39, 0.29) is 5.76 Å². The van der Waals surface area contributed by atoms with E-state index in [0.717, 1.165) is 29.7 Å². The molecule has 0 unspecified atom stereocenters. The lowest BCUT2D eigenvalue weighted by Gasteiger charge is -2.11. The Morgan fingerprint density at radius 2 is 2.17 bits per heavy atom. The first-order chi connectivity index (χ1) is 11.5. The van der Waals surface area contributed by atoms with Crippen molar-refractivity contribution in [3.8, 4) is 0 Å². The fraction of sp³-hybridized carbons (Fsp3) is 0.312. The van der Waals surface area contributed by atoms with Gasteiger partial charge in [0.2, 0.25) is 0 Å². The number of rotatable bonds is 5. The normalized spacial score (nSPS) is 14.0. The zero-order valence-electron chi connectivity index (χ0n) is 13.0. The number of amides is 2. The molecule has 0 spiro atoms. The number of carbonyl (C=O) groups excluding carboxylic acids is 3. The number of fused-ring (bicyclic) bond motifs is 1. The van der Waals surface area contributed by atoms with Gasteiger partial charge in [0.1, 0.15) is 5.00 Å². The van der Waals surface area contributed by atoms with Gasteiger partial charge in [-0.05, 0) is 43.9 Å². The van der Waals surface area contributed by atoms with Crippen molar-refractivity contribution >= 4 is 34.1 Å². The number of ether oxygens (including phenoxy) is 1. The summed E-state index contributed by atoms with van der Waals surface area (Å²) in [6.07, 6.45) is 2.88. The molecule has 24 heavy (non-hydrogen) atoms. The number of anilines is 1. The van der Waals surface area contributed by atoms with Crippen LogP contribution in [0.25, 0.3) is 0 Å². The Kier molecular flexibility index (Phi) is 4.39. The first kappa shape index (κ1) is 16.3. The third-order valence-electron chi connectivity index (χ3n) is 3.78. The first-order valence-corrected chi connectivity index (χ1v) is 8.28. The minimum absolute atomic E-state index is 0.147. The van der Waals surface area contributed by atoms with Crippen LogP contribution in [0.15, 0.2) is 22.8 Å². The van der Waals surface area contributed by atoms with E-state index in [1.165, 1.54) is 30.6 Å². The van der Waals surface area contributed by atoms with Crippen LogP contribution in [0.1, 0.15) is 44.7 Å². The van der Waals surface area contributed by atoms with Crippen molar-refractivity contribution in [1.82, 2.24) is 0 Å². The van der Waals surface area contributed by atoms with E-state index < -0.39 is 23.9 Å². The summed E-state index contributed by atoms with van der Waals surface area (Å²) in [5, 5.41) is 3.10. The Balaban J connectivity index is 1.88. The van der Waals surface area contributed by atoms with Crippen molar-refractivity contribution in [2.24, 2.45) is 5.73 Å². The second kappa shape index (κ2) is 6.48. The van der Waals surface area contributed by atoms with E-state index in [1.54, 1.807) is 6.07 Å². The Labute approximate surface area is 141 Å². The largest absolute Gasteiger partial charge is 0.459 e. The van der Waals surface area contributed by atoms with Crippen molar-refractivity contribution in [2.75, 3.05) is 5.32 Å². The number of hydrogen-bond donors (Lipinski definition) is 2. The highest BCUT2D eigenvalue weighted by Gasteiger charge is 2.30. The molecule has 2 amide bonds. The molecule has 1 atom stereocenters. The molecule has 0 bridgehead atoms. The topological polar surface area (TPSA) is 112 Å². The lowest BCUT2D eigenvalue weighted by atomic mass is 10.1. The summed E-state index contributed by atoms with van der Waals surface area (Å²) in [4.78, 5) is 36.8. The third kappa shape index (κ3) is 3.05. The number of thiophene rings is 1. The molecule has 3 rings (SSSR count). The third-order valence-corrected chi connectivity index (χ3v) is 4.99. The number of hydrogen-bond acceptors (Lipinski definition) is 6. The van der Waals surface area contributed by atoms with Gasteiger partial charge in [0, 0.05) is 4.88 Å². The zero-order valence-corrected chi connectivity index (χ0v) is 13.8. The van der Waals surface area contributed by atoms with Crippen LogP contribution in [0.5, 0.6) is 0 Å². The molecule has 0 saturated carbocycles. The number of aryl methyl sites for hydroxylation is 1. The summed E-state index contributed by atoms with van der Waals surface area (Å²) in [7, 11) is 0. The SMILES string of the molecule is C[C@H](OC(=O)c1c(NC(=O)c2ccco2)sc2c1CCC2)C(N)=O. The number of nitrogens with one attached hydrogen (secondary N) is 1. The van der Waals surface area contributed by atoms with Crippen LogP contribution in [0, 0.1) is 0 Å². The Morgan fingerprint density at radius 1 is 1.38 bits per heavy atom. The minimum Gasteiger partial charge on any atom is -0.459 e. The van der Waals surface area contributed by atoms with Gasteiger partial charge >= 0.3 is 5.97 Å². The predicted molar refractivity (Wildman–Crippen MR) is 87.1 cm³/mol. The average Bonchev–Trinajstić information content (AvgIpc) is 3.23. The summed E-state index contributed by atoms with van der Waals surface area (Å²) >= 11 is 1.35. The Morgan fingerprint density at radius 3 is 2.83 bits per heavy atom. The second-order valence-electron chi connectivity index (χ2n) is 5.44. The van der Waals surface area contributed by atoms with E-state index in [1.807, 2.05) is 0 Å². The fourth-order valence-electron chi connectivity index (χ4n) is 2.56. The molecular weight excluding hydrogens is 332 g/mol. The van der Waals surface area contributed by atoms with Gasteiger partial charge in [0.25, 0.3) is 11.8 Å². The summed E-state index contributed by atoms with van der Waals surface area (Å²) in [5.41, 5.74) is 6.32. The van der Waals surface area contributed by atoms with Crippen molar-refractivity contribution < 1.29 is 23.5 Å². The molecule has 126 valence electrons. The van der Waals surface area contributed by atoms with Crippen molar-refractivity contribution in [2.45, 2.75) is 32.3 Å². The van der Waals surface area contributed by atoms with Gasteiger partial charge in [-0.25, -0.2) is 4.79 Å². The minimum atomic E-state index is -1.04. The maximum Gasteiger partial charge on any atom is 0.342 e. The highest BCUT2D eigenvalue weighted by molar-refractivity contribution is 7.17. The molecule has 0 aliphatic heterocycles. The summed E-state index contributed by atoms with van der Waals surface area (Å²) in [5.74, 6) is -1.68. The van der Waals surface area contributed by atoms with Gasteiger partial charge in [-0.2, -0.15) is 0 Å². The molecule has 2 aromatic rings. The number of carbonyl (C=O) groups is 3. The molecule has 1 aliphatic rings. The number of esters is 1. The lowest BCUT2D eigenvalue weighted by molar-refractivity contribution is -0.125. The van der Waals surface area contributed by atoms with E-state index in [9.17, 15) is 14.4 Å². The van der Waals surface area contributed by atoms with Crippen LogP contribution in [0.3, 0.4) is 0 Å². The van der Waals surface area contributed by atoms with Gasteiger partial charge in [0.05, 0.1) is 11.8 Å². The summed E-state index contributed by atoms with van der Waals surface area (Å²) in [6, 6.07) is 3.14. The molecule has 7 nitrogen and oxygen atoms in total. The molecule has 8 heteroatoms. The smallest absolute Gasteiger partial charge is 0.342 e. The monoisotopic (exact) mass is 348 g/mol. The van der Waals surface area contributed by atoms with Crippen LogP contribution in [0.4, 0.5) is 5.00 Å². The number of nitrogens with two attached hydrogens (primary N) is 1. The highest BCUT2D eigenvalue weighted by atomic mass is 32.1. The Bertz CT molecular complexity index is 794. The van der Waals surface area contributed by atoms with Crippen LogP contribution in [0.2, 0.25) is 0 Å². The molecule has 0 fully saturated rings. The van der Waals surface area contributed by atoms with Crippen molar-refractivity contribution in [3.05, 3.63) is 40.2 Å². The van der Waals surface area contributed by atoms with Crippen molar-refractivity contribution in [3.63, 3.8) is 0 Å². The second-order valence-corrected chi connectivity index (χ2v) is 6.55.